The molecule has 2 N–H and O–H groups in total. The van der Waals surface area contributed by atoms with Gasteiger partial charge >= 0.3 is 11.9 Å². The molecule has 0 spiro atoms. The lowest BCUT2D eigenvalue weighted by molar-refractivity contribution is -0.385. The van der Waals surface area contributed by atoms with Crippen LogP contribution >= 0.6 is 0 Å². The van der Waals surface area contributed by atoms with Crippen molar-refractivity contribution in [1.29, 1.82) is 0 Å². The highest BCUT2D eigenvalue weighted by atomic mass is 19.4. The van der Waals surface area contributed by atoms with Crippen molar-refractivity contribution in [2.75, 3.05) is 5.32 Å². The first-order valence-corrected chi connectivity index (χ1v) is 7.68. The second-order valence-corrected chi connectivity index (χ2v) is 5.62. The number of benzene rings is 2. The summed E-state index contributed by atoms with van der Waals surface area (Å²) in [6.45, 7) is 1.02. The number of phenols is 1. The molecule has 0 aromatic heterocycles. The van der Waals surface area contributed by atoms with Crippen LogP contribution in [0.4, 0.5) is 24.5 Å². The Morgan fingerprint density at radius 1 is 1.18 bits per heavy atom. The van der Waals surface area contributed by atoms with Gasteiger partial charge in [0.25, 0.3) is 5.91 Å². The number of nitro groups is 1. The van der Waals surface area contributed by atoms with Gasteiger partial charge in [0, 0.05) is 6.07 Å². The fourth-order valence-electron chi connectivity index (χ4n) is 2.30. The Kier molecular flexibility index (Phi) is 5.82. The first kappa shape index (κ1) is 20.6. The summed E-state index contributed by atoms with van der Waals surface area (Å²) in [6, 6.07) is 7.37. The van der Waals surface area contributed by atoms with Gasteiger partial charge in [-0.25, -0.2) is 0 Å². The Balaban J connectivity index is 2.42. The van der Waals surface area contributed by atoms with Crippen molar-refractivity contribution in [2.24, 2.45) is 0 Å². The highest BCUT2D eigenvalue weighted by Gasteiger charge is 2.34. The van der Waals surface area contributed by atoms with Crippen LogP contribution in [-0.2, 0) is 15.8 Å². The number of rotatable bonds is 5. The molecule has 2 rings (SSSR count). The normalized spacial score (nSPS) is 11.8. The topological polar surface area (TPSA) is 110 Å². The molecule has 0 unspecified atom stereocenters. The summed E-state index contributed by atoms with van der Waals surface area (Å²) >= 11 is 0. The number of carbonyl (C=O) groups excluding carboxylic acids is 2. The number of para-hydroxylation sites is 1. The van der Waals surface area contributed by atoms with E-state index in [1.165, 1.54) is 12.1 Å². The minimum Gasteiger partial charge on any atom is -0.502 e. The van der Waals surface area contributed by atoms with Crippen molar-refractivity contribution in [3.05, 3.63) is 69.3 Å². The SMILES string of the molecule is CC(=O)/C(=C\c1ccc(O)c([N+](=O)[O-])c1)C(=O)Nc1ccccc1C(F)(F)F. The van der Waals surface area contributed by atoms with Gasteiger partial charge in [-0.15, -0.1) is 0 Å². The number of ketones is 1. The summed E-state index contributed by atoms with van der Waals surface area (Å²) in [4.78, 5) is 34.2. The molecule has 2 aromatic rings. The van der Waals surface area contributed by atoms with E-state index in [0.717, 1.165) is 43.3 Å². The number of carbonyl (C=O) groups is 2. The molecule has 0 bridgehead atoms. The third-order valence-electron chi connectivity index (χ3n) is 3.61. The van der Waals surface area contributed by atoms with Crippen LogP contribution in [0.15, 0.2) is 48.0 Å². The monoisotopic (exact) mass is 394 g/mol. The average Bonchev–Trinajstić information content (AvgIpc) is 2.59. The first-order valence-electron chi connectivity index (χ1n) is 7.68. The minimum absolute atomic E-state index is 0.0361. The number of nitrogens with one attached hydrogen (secondary N) is 1. The summed E-state index contributed by atoms with van der Waals surface area (Å²) in [5, 5.41) is 22.4. The summed E-state index contributed by atoms with van der Waals surface area (Å²) in [6.07, 6.45) is -3.73. The third-order valence-corrected chi connectivity index (χ3v) is 3.61. The fraction of sp³-hybridized carbons (Fsp3) is 0.111. The van der Waals surface area contributed by atoms with E-state index in [4.69, 9.17) is 0 Å². The average molecular weight is 394 g/mol. The molecule has 7 nitrogen and oxygen atoms in total. The summed E-state index contributed by atoms with van der Waals surface area (Å²) < 4.78 is 39.1. The molecule has 0 fully saturated rings. The minimum atomic E-state index is -4.72. The number of nitrogens with zero attached hydrogens (tertiary/aromatic N) is 1. The van der Waals surface area contributed by atoms with Crippen molar-refractivity contribution in [1.82, 2.24) is 0 Å². The van der Waals surface area contributed by atoms with Crippen molar-refractivity contribution < 1.29 is 32.8 Å². The first-order chi connectivity index (χ1) is 13.0. The molecule has 146 valence electrons. The molecular weight excluding hydrogens is 381 g/mol. The Bertz CT molecular complexity index is 983. The molecule has 0 aliphatic rings. The van der Waals surface area contributed by atoms with Crippen LogP contribution in [0.25, 0.3) is 6.08 Å². The smallest absolute Gasteiger partial charge is 0.418 e. The van der Waals surface area contributed by atoms with Crippen LogP contribution in [0.5, 0.6) is 5.75 Å². The lowest BCUT2D eigenvalue weighted by Gasteiger charge is -2.14. The molecule has 0 saturated heterocycles. The second-order valence-electron chi connectivity index (χ2n) is 5.62. The quantitative estimate of drug-likeness (QED) is 0.263. The van der Waals surface area contributed by atoms with Crippen LogP contribution < -0.4 is 5.32 Å². The number of alkyl halides is 3. The highest BCUT2D eigenvalue weighted by molar-refractivity contribution is 6.25. The number of Topliss-reactive ketones (excluding diaryl/α,β-unsaturated/α-hetero) is 1. The van der Waals surface area contributed by atoms with Crippen molar-refractivity contribution in [2.45, 2.75) is 13.1 Å². The molecule has 0 saturated carbocycles. The van der Waals surface area contributed by atoms with E-state index in [9.17, 15) is 38.0 Å². The summed E-state index contributed by atoms with van der Waals surface area (Å²) in [5.74, 6) is -2.49. The predicted molar refractivity (Wildman–Crippen MR) is 93.5 cm³/mol. The molecule has 10 heteroatoms. The standard InChI is InChI=1S/C18H13F3N2O5/c1-10(24)12(8-11-6-7-16(25)15(9-11)23(27)28)17(26)22-14-5-3-2-4-13(14)18(19,20)21/h2-9,25H,1H3,(H,22,26)/b12-8+. The molecule has 0 heterocycles. The van der Waals surface area contributed by atoms with Crippen LogP contribution in [0, 0.1) is 10.1 Å². The van der Waals surface area contributed by atoms with E-state index >= 15 is 0 Å². The van der Waals surface area contributed by atoms with Gasteiger partial charge in [0.05, 0.1) is 21.7 Å². The maximum atomic E-state index is 13.0. The van der Waals surface area contributed by atoms with Gasteiger partial charge in [0.2, 0.25) is 0 Å². The molecule has 28 heavy (non-hydrogen) atoms. The largest absolute Gasteiger partial charge is 0.502 e. The summed E-state index contributed by atoms with van der Waals surface area (Å²) in [5.41, 5.74) is -2.76. The molecule has 1 amide bonds. The highest BCUT2D eigenvalue weighted by Crippen LogP contribution is 2.35. The van der Waals surface area contributed by atoms with Gasteiger partial charge in [-0.2, -0.15) is 13.2 Å². The third kappa shape index (κ3) is 4.72. The van der Waals surface area contributed by atoms with Crippen molar-refractivity contribution >= 4 is 29.1 Å². The van der Waals surface area contributed by atoms with Crippen molar-refractivity contribution in [3.8, 4) is 5.75 Å². The lowest BCUT2D eigenvalue weighted by atomic mass is 10.1. The van der Waals surface area contributed by atoms with E-state index in [0.29, 0.717) is 0 Å². The number of hydrogen-bond acceptors (Lipinski definition) is 5. The fourth-order valence-corrected chi connectivity index (χ4v) is 2.30. The van der Waals surface area contributed by atoms with Gasteiger partial charge in [-0.1, -0.05) is 18.2 Å². The Morgan fingerprint density at radius 3 is 2.39 bits per heavy atom. The molecule has 0 radical (unpaired) electrons. The number of aromatic hydroxyl groups is 1. The number of hydrogen-bond donors (Lipinski definition) is 2. The van der Waals surface area contributed by atoms with Gasteiger partial charge in [0.1, 0.15) is 0 Å². The maximum absolute atomic E-state index is 13.0. The maximum Gasteiger partial charge on any atom is 0.418 e. The number of phenolic OH excluding ortho intramolecular Hbond substituents is 1. The van der Waals surface area contributed by atoms with Gasteiger partial charge < -0.3 is 10.4 Å². The van der Waals surface area contributed by atoms with Crippen LogP contribution in [0.1, 0.15) is 18.1 Å². The van der Waals surface area contributed by atoms with E-state index in [-0.39, 0.29) is 5.56 Å². The van der Waals surface area contributed by atoms with E-state index < -0.39 is 51.1 Å². The van der Waals surface area contributed by atoms with Gasteiger partial charge in [0.15, 0.2) is 11.5 Å². The zero-order valence-corrected chi connectivity index (χ0v) is 14.3. The van der Waals surface area contributed by atoms with Gasteiger partial charge in [-0.3, -0.25) is 19.7 Å². The predicted octanol–water partition coefficient (Wildman–Crippen LogP) is 3.93. The zero-order chi connectivity index (χ0) is 21.1. The molecule has 0 aliphatic carbocycles. The molecule has 0 aliphatic heterocycles. The number of nitro benzene ring substituents is 1. The van der Waals surface area contributed by atoms with E-state index in [1.54, 1.807) is 0 Å². The lowest BCUT2D eigenvalue weighted by Crippen LogP contribution is -2.21. The molecule has 2 aromatic carbocycles. The molecular formula is C18H13F3N2O5. The Hall–Kier alpha value is -3.69. The zero-order valence-electron chi connectivity index (χ0n) is 14.3. The molecule has 0 atom stereocenters. The summed E-state index contributed by atoms with van der Waals surface area (Å²) in [7, 11) is 0. The van der Waals surface area contributed by atoms with Crippen molar-refractivity contribution in [3.63, 3.8) is 0 Å². The van der Waals surface area contributed by atoms with Crippen LogP contribution in [0.2, 0.25) is 0 Å². The number of amides is 1. The second kappa shape index (κ2) is 7.91. The van der Waals surface area contributed by atoms with Crippen LogP contribution in [-0.4, -0.2) is 21.7 Å². The number of halogens is 3. The van der Waals surface area contributed by atoms with E-state index in [1.807, 2.05) is 5.32 Å². The van der Waals surface area contributed by atoms with Gasteiger partial charge in [-0.05, 0) is 36.8 Å². The van der Waals surface area contributed by atoms with Crippen LogP contribution in [0.3, 0.4) is 0 Å². The van der Waals surface area contributed by atoms with E-state index in [2.05, 4.69) is 0 Å². The Morgan fingerprint density at radius 2 is 1.82 bits per heavy atom. The number of anilines is 1. The Labute approximate surface area is 156 Å².